The summed E-state index contributed by atoms with van der Waals surface area (Å²) < 4.78 is 13.2. The van der Waals surface area contributed by atoms with Crippen LogP contribution in [0.25, 0.3) is 21.3 Å². The molecule has 2 aromatic heterocycles. The second-order valence-corrected chi connectivity index (χ2v) is 7.84. The topological polar surface area (TPSA) is 83.0 Å². The molecule has 2 heterocycles. The van der Waals surface area contributed by atoms with Crippen LogP contribution in [-0.2, 0) is 4.79 Å². The molecule has 0 saturated heterocycles. The molecule has 5 nitrogen and oxygen atoms in total. The van der Waals surface area contributed by atoms with Crippen molar-refractivity contribution in [1.29, 1.82) is 0 Å². The van der Waals surface area contributed by atoms with Gasteiger partial charge in [0.15, 0.2) is 5.16 Å². The highest BCUT2D eigenvalue weighted by atomic mass is 32.2. The molecule has 1 unspecified atom stereocenters. The van der Waals surface area contributed by atoms with E-state index < -0.39 is 11.2 Å². The molecule has 0 spiro atoms. The van der Waals surface area contributed by atoms with Crippen molar-refractivity contribution in [3.8, 4) is 11.1 Å². The van der Waals surface area contributed by atoms with E-state index in [4.69, 9.17) is 5.11 Å². The third-order valence-electron chi connectivity index (χ3n) is 3.75. The lowest BCUT2D eigenvalue weighted by Gasteiger charge is -2.08. The number of carboxylic acids is 1. The second kappa shape index (κ2) is 6.97. The van der Waals surface area contributed by atoms with Gasteiger partial charge in [-0.05, 0) is 31.0 Å². The molecule has 0 saturated carbocycles. The number of benzene rings is 1. The van der Waals surface area contributed by atoms with Gasteiger partial charge in [0.25, 0.3) is 5.56 Å². The number of rotatable bonds is 5. The molecule has 0 aliphatic carbocycles. The van der Waals surface area contributed by atoms with Gasteiger partial charge < -0.3 is 10.1 Å². The van der Waals surface area contributed by atoms with Crippen LogP contribution in [0, 0.1) is 12.7 Å². The molecule has 0 aliphatic heterocycles. The first kappa shape index (κ1) is 17.6. The lowest BCUT2D eigenvalue weighted by atomic mass is 10.0. The van der Waals surface area contributed by atoms with E-state index in [2.05, 4.69) is 9.97 Å². The monoisotopic (exact) mass is 378 g/mol. The largest absolute Gasteiger partial charge is 0.480 e. The van der Waals surface area contributed by atoms with E-state index in [1.54, 1.807) is 19.1 Å². The summed E-state index contributed by atoms with van der Waals surface area (Å²) in [5, 5.41) is 9.24. The average molecular weight is 378 g/mol. The van der Waals surface area contributed by atoms with Crippen molar-refractivity contribution >= 4 is 39.3 Å². The highest BCUT2D eigenvalue weighted by Gasteiger charge is 2.21. The Kier molecular flexibility index (Phi) is 4.91. The summed E-state index contributed by atoms with van der Waals surface area (Å²) in [6.07, 6.45) is 0.423. The highest BCUT2D eigenvalue weighted by Crippen LogP contribution is 2.36. The fraction of sp³-hybridized carbons (Fsp3) is 0.235. The quantitative estimate of drug-likeness (QED) is 0.517. The SMILES string of the molecule is CCC(Sc1nc2sc(C)c(-c3ccc(F)cc3)c2c(=O)[nH]1)C(=O)O. The van der Waals surface area contributed by atoms with E-state index in [0.717, 1.165) is 27.8 Å². The first-order valence-corrected chi connectivity index (χ1v) is 9.29. The Morgan fingerprint density at radius 2 is 2.08 bits per heavy atom. The number of thioether (sulfide) groups is 1. The summed E-state index contributed by atoms with van der Waals surface area (Å²) in [5.41, 5.74) is 1.15. The van der Waals surface area contributed by atoms with Crippen LogP contribution in [-0.4, -0.2) is 26.3 Å². The number of carboxylic acid groups (broad SMARTS) is 1. The van der Waals surface area contributed by atoms with Gasteiger partial charge in [0.2, 0.25) is 0 Å². The molecular weight excluding hydrogens is 363 g/mol. The Morgan fingerprint density at radius 3 is 2.68 bits per heavy atom. The summed E-state index contributed by atoms with van der Waals surface area (Å²) in [6.45, 7) is 3.65. The first-order valence-electron chi connectivity index (χ1n) is 7.59. The molecule has 25 heavy (non-hydrogen) atoms. The summed E-state index contributed by atoms with van der Waals surface area (Å²) in [5.74, 6) is -1.28. The Balaban J connectivity index is 2.11. The number of carbonyl (C=O) groups is 1. The number of thiophene rings is 1. The molecule has 0 aliphatic rings. The number of halogens is 1. The van der Waals surface area contributed by atoms with Crippen molar-refractivity contribution < 1.29 is 14.3 Å². The predicted molar refractivity (Wildman–Crippen MR) is 97.9 cm³/mol. The molecule has 3 rings (SSSR count). The third kappa shape index (κ3) is 3.45. The van der Waals surface area contributed by atoms with Gasteiger partial charge in [0.1, 0.15) is 15.9 Å². The van der Waals surface area contributed by atoms with E-state index in [1.807, 2.05) is 6.92 Å². The van der Waals surface area contributed by atoms with Crippen LogP contribution in [0.4, 0.5) is 4.39 Å². The van der Waals surface area contributed by atoms with Crippen LogP contribution < -0.4 is 5.56 Å². The van der Waals surface area contributed by atoms with E-state index in [-0.39, 0.29) is 11.4 Å². The zero-order valence-electron chi connectivity index (χ0n) is 13.5. The third-order valence-corrected chi connectivity index (χ3v) is 5.98. The number of aliphatic carboxylic acids is 1. The van der Waals surface area contributed by atoms with Crippen LogP contribution in [0.1, 0.15) is 18.2 Å². The van der Waals surface area contributed by atoms with Gasteiger partial charge in [-0.15, -0.1) is 11.3 Å². The number of hydrogen-bond donors (Lipinski definition) is 2. The normalized spacial score (nSPS) is 12.4. The molecule has 3 aromatic rings. The maximum absolute atomic E-state index is 13.2. The fourth-order valence-corrected chi connectivity index (χ4v) is 4.50. The number of nitrogens with zero attached hydrogens (tertiary/aromatic N) is 1. The van der Waals surface area contributed by atoms with Crippen LogP contribution in [0.2, 0.25) is 0 Å². The molecule has 0 amide bonds. The zero-order chi connectivity index (χ0) is 18.1. The zero-order valence-corrected chi connectivity index (χ0v) is 15.1. The van der Waals surface area contributed by atoms with Crippen LogP contribution in [0.3, 0.4) is 0 Å². The minimum absolute atomic E-state index is 0.290. The Hall–Kier alpha value is -2.19. The van der Waals surface area contributed by atoms with Gasteiger partial charge in [-0.3, -0.25) is 9.59 Å². The van der Waals surface area contributed by atoms with Gasteiger partial charge in [-0.1, -0.05) is 30.8 Å². The minimum atomic E-state index is -0.940. The number of hydrogen-bond acceptors (Lipinski definition) is 5. The number of H-pyrrole nitrogens is 1. The fourth-order valence-electron chi connectivity index (χ4n) is 2.56. The predicted octanol–water partition coefficient (Wildman–Crippen LogP) is 4.05. The van der Waals surface area contributed by atoms with E-state index >= 15 is 0 Å². The number of nitrogens with one attached hydrogen (secondary N) is 1. The van der Waals surface area contributed by atoms with Crippen molar-refractivity contribution in [2.75, 3.05) is 0 Å². The molecule has 8 heteroatoms. The molecule has 1 aromatic carbocycles. The number of aryl methyl sites for hydroxylation is 1. The second-order valence-electron chi connectivity index (χ2n) is 5.44. The molecular formula is C17H15FN2O3S2. The Bertz CT molecular complexity index is 996. The average Bonchev–Trinajstić information content (AvgIpc) is 2.89. The summed E-state index contributed by atoms with van der Waals surface area (Å²) in [7, 11) is 0. The highest BCUT2D eigenvalue weighted by molar-refractivity contribution is 8.00. The molecule has 0 radical (unpaired) electrons. The van der Waals surface area contributed by atoms with Gasteiger partial charge in [0.05, 0.1) is 5.39 Å². The van der Waals surface area contributed by atoms with Gasteiger partial charge >= 0.3 is 5.97 Å². The molecule has 0 fully saturated rings. The van der Waals surface area contributed by atoms with Gasteiger partial charge in [-0.2, -0.15) is 0 Å². The van der Waals surface area contributed by atoms with Crippen molar-refractivity contribution in [1.82, 2.24) is 9.97 Å². The summed E-state index contributed by atoms with van der Waals surface area (Å²) in [6, 6.07) is 5.96. The number of aromatic nitrogens is 2. The smallest absolute Gasteiger partial charge is 0.317 e. The lowest BCUT2D eigenvalue weighted by molar-refractivity contribution is -0.136. The summed E-state index contributed by atoms with van der Waals surface area (Å²) in [4.78, 5) is 32.3. The maximum atomic E-state index is 13.2. The van der Waals surface area contributed by atoms with Gasteiger partial charge in [0, 0.05) is 10.4 Å². The number of aromatic amines is 1. The Labute approximate surface area is 150 Å². The summed E-state index contributed by atoms with van der Waals surface area (Å²) >= 11 is 2.39. The number of fused-ring (bicyclic) bond motifs is 1. The molecule has 0 bridgehead atoms. The van der Waals surface area contributed by atoms with Crippen LogP contribution >= 0.6 is 23.1 Å². The van der Waals surface area contributed by atoms with E-state index in [0.29, 0.717) is 21.8 Å². The first-order chi connectivity index (χ1) is 11.9. The van der Waals surface area contributed by atoms with Crippen molar-refractivity contribution in [2.24, 2.45) is 0 Å². The minimum Gasteiger partial charge on any atom is -0.480 e. The molecule has 2 N–H and O–H groups in total. The van der Waals surface area contributed by atoms with E-state index in [1.165, 1.54) is 23.5 Å². The molecule has 1 atom stereocenters. The van der Waals surface area contributed by atoms with Crippen molar-refractivity contribution in [3.63, 3.8) is 0 Å². The van der Waals surface area contributed by atoms with E-state index in [9.17, 15) is 14.0 Å². The van der Waals surface area contributed by atoms with Crippen LogP contribution in [0.15, 0.2) is 34.2 Å². The maximum Gasteiger partial charge on any atom is 0.317 e. The standard InChI is InChI=1S/C17H15FN2O3S2/c1-3-11(16(22)23)25-17-19-14(21)13-12(8(2)24-15(13)20-17)9-4-6-10(18)7-5-9/h4-7,11H,3H2,1-2H3,(H,22,23)(H,19,20,21). The van der Waals surface area contributed by atoms with Crippen LogP contribution in [0.5, 0.6) is 0 Å². The lowest BCUT2D eigenvalue weighted by Crippen LogP contribution is -2.17. The Morgan fingerprint density at radius 1 is 1.40 bits per heavy atom. The van der Waals surface area contributed by atoms with Crippen molar-refractivity contribution in [3.05, 3.63) is 45.3 Å². The van der Waals surface area contributed by atoms with Crippen molar-refractivity contribution in [2.45, 2.75) is 30.7 Å². The molecule has 130 valence electrons. The van der Waals surface area contributed by atoms with Gasteiger partial charge in [-0.25, -0.2) is 9.37 Å².